The fourth-order valence-corrected chi connectivity index (χ4v) is 5.02. The minimum absolute atomic E-state index is 0.298. The van der Waals surface area contributed by atoms with Crippen molar-refractivity contribution < 1.29 is 9.90 Å². The molecule has 2 atom stereocenters. The van der Waals surface area contributed by atoms with Gasteiger partial charge in [-0.1, -0.05) is 24.3 Å². The minimum atomic E-state index is -1.12. The van der Waals surface area contributed by atoms with Gasteiger partial charge in [0.05, 0.1) is 11.6 Å². The van der Waals surface area contributed by atoms with E-state index in [1.54, 1.807) is 30.9 Å². The molecule has 1 aromatic carbocycles. The summed E-state index contributed by atoms with van der Waals surface area (Å²) < 4.78 is 0. The van der Waals surface area contributed by atoms with Gasteiger partial charge in [-0.25, -0.2) is 0 Å². The van der Waals surface area contributed by atoms with Crippen LogP contribution in [0, 0.1) is 11.3 Å². The number of rotatable bonds is 6. The van der Waals surface area contributed by atoms with E-state index in [0.29, 0.717) is 18.5 Å². The molecule has 2 unspecified atom stereocenters. The van der Waals surface area contributed by atoms with Crippen LogP contribution in [-0.4, -0.2) is 45.1 Å². The molecule has 1 fully saturated rings. The first-order valence-electron chi connectivity index (χ1n) is 10.3. The average Bonchev–Trinajstić information content (AvgIpc) is 3.20. The highest BCUT2D eigenvalue weighted by Crippen LogP contribution is 2.50. The average molecular weight is 412 g/mol. The Morgan fingerprint density at radius 3 is 2.23 bits per heavy atom. The molecule has 1 aliphatic rings. The number of aliphatic carboxylic acids is 1. The minimum Gasteiger partial charge on any atom is -0.480 e. The van der Waals surface area contributed by atoms with Crippen molar-refractivity contribution in [3.8, 4) is 6.07 Å². The van der Waals surface area contributed by atoms with Crippen LogP contribution in [0.4, 0.5) is 0 Å². The zero-order chi connectivity index (χ0) is 21.8. The number of hydrogen-bond acceptors (Lipinski definition) is 5. The van der Waals surface area contributed by atoms with Gasteiger partial charge in [-0.2, -0.15) is 5.26 Å². The molecule has 1 saturated heterocycles. The summed E-state index contributed by atoms with van der Waals surface area (Å²) in [6, 6.07) is 17.2. The van der Waals surface area contributed by atoms with E-state index in [1.165, 1.54) is 0 Å². The smallest absolute Gasteiger partial charge is 0.324 e. The van der Waals surface area contributed by atoms with E-state index < -0.39 is 17.4 Å². The van der Waals surface area contributed by atoms with Gasteiger partial charge in [0.2, 0.25) is 0 Å². The number of hydrogen-bond donors (Lipinski definition) is 1. The number of carboxylic acids is 1. The maximum atomic E-state index is 12.9. The normalized spacial score (nSPS) is 19.8. The predicted octanol–water partition coefficient (Wildman–Crippen LogP) is 3.81. The van der Waals surface area contributed by atoms with Crippen LogP contribution in [0.1, 0.15) is 46.9 Å². The van der Waals surface area contributed by atoms with E-state index in [4.69, 9.17) is 0 Å². The molecule has 4 rings (SSSR count). The van der Waals surface area contributed by atoms with E-state index in [9.17, 15) is 15.2 Å². The highest BCUT2D eigenvalue weighted by Gasteiger charge is 2.55. The molecule has 0 saturated carbocycles. The topological polar surface area (TPSA) is 90.1 Å². The number of nitrogens with zero attached hydrogens (tertiary/aromatic N) is 4. The van der Waals surface area contributed by atoms with Gasteiger partial charge in [0.15, 0.2) is 0 Å². The van der Waals surface area contributed by atoms with Crippen molar-refractivity contribution in [2.24, 2.45) is 0 Å². The second kappa shape index (κ2) is 8.66. The Bertz CT molecular complexity index is 1060. The van der Waals surface area contributed by atoms with Crippen molar-refractivity contribution >= 4 is 5.97 Å². The predicted molar refractivity (Wildman–Crippen MR) is 116 cm³/mol. The largest absolute Gasteiger partial charge is 0.480 e. The Hall–Kier alpha value is -3.56. The molecule has 3 heterocycles. The lowest BCUT2D eigenvalue weighted by molar-refractivity contribution is -0.150. The van der Waals surface area contributed by atoms with Crippen LogP contribution in [0.25, 0.3) is 0 Å². The quantitative estimate of drug-likeness (QED) is 0.662. The van der Waals surface area contributed by atoms with Crippen LogP contribution in [0.3, 0.4) is 0 Å². The molecule has 0 aliphatic carbocycles. The SMILES string of the molecule is CN1CCCC1(C(=O)O)C(c1cccc(C#N)c1)C(c1cccnc1)c1cccnc1. The fourth-order valence-electron chi connectivity index (χ4n) is 5.02. The van der Waals surface area contributed by atoms with Gasteiger partial charge in [0, 0.05) is 36.6 Å². The summed E-state index contributed by atoms with van der Waals surface area (Å²) in [5.41, 5.74) is 2.06. The summed E-state index contributed by atoms with van der Waals surface area (Å²) >= 11 is 0. The molecule has 3 aromatic rings. The van der Waals surface area contributed by atoms with Crippen molar-refractivity contribution in [2.45, 2.75) is 30.2 Å². The number of carbonyl (C=O) groups is 1. The van der Waals surface area contributed by atoms with Crippen molar-refractivity contribution in [2.75, 3.05) is 13.6 Å². The van der Waals surface area contributed by atoms with Crippen LogP contribution in [-0.2, 0) is 4.79 Å². The van der Waals surface area contributed by atoms with Crippen LogP contribution >= 0.6 is 0 Å². The first kappa shape index (κ1) is 20.7. The van der Waals surface area contributed by atoms with Crippen LogP contribution in [0.5, 0.6) is 0 Å². The number of pyridine rings is 2. The first-order chi connectivity index (χ1) is 15.1. The Balaban J connectivity index is 2.02. The zero-order valence-electron chi connectivity index (χ0n) is 17.3. The van der Waals surface area contributed by atoms with Gasteiger partial charge in [0.1, 0.15) is 5.54 Å². The van der Waals surface area contributed by atoms with Gasteiger partial charge in [-0.15, -0.1) is 0 Å². The third kappa shape index (κ3) is 3.69. The van der Waals surface area contributed by atoms with Crippen molar-refractivity contribution in [3.63, 3.8) is 0 Å². The number of likely N-dealkylation sites (tertiary alicyclic amines) is 1. The number of aromatic nitrogens is 2. The number of likely N-dealkylation sites (N-methyl/N-ethyl adjacent to an activating group) is 1. The highest BCUT2D eigenvalue weighted by atomic mass is 16.4. The fraction of sp³-hybridized carbons (Fsp3) is 0.280. The molecule has 0 bridgehead atoms. The van der Waals surface area contributed by atoms with Crippen molar-refractivity contribution in [3.05, 3.63) is 95.6 Å². The summed E-state index contributed by atoms with van der Waals surface area (Å²) in [6.07, 6.45) is 8.33. The molecular weight excluding hydrogens is 388 g/mol. The number of benzene rings is 1. The molecule has 0 amide bonds. The standard InChI is InChI=1S/C25H24N4O2/c1-29-13-5-10-25(29,24(30)31)23(19-7-2-6-18(14-19)15-26)22(20-8-3-11-27-16-20)21-9-4-12-28-17-21/h2-4,6-9,11-12,14,16-17,22-23H,5,10,13H2,1H3,(H,30,31). The monoisotopic (exact) mass is 412 g/mol. The summed E-state index contributed by atoms with van der Waals surface area (Å²) in [7, 11) is 1.88. The van der Waals surface area contributed by atoms with E-state index >= 15 is 0 Å². The number of carboxylic acid groups (broad SMARTS) is 1. The summed E-state index contributed by atoms with van der Waals surface area (Å²) in [6.45, 7) is 0.702. The molecule has 6 heteroatoms. The molecule has 156 valence electrons. The Kier molecular flexibility index (Phi) is 5.79. The van der Waals surface area contributed by atoms with Crippen LogP contribution < -0.4 is 0 Å². The van der Waals surface area contributed by atoms with Gasteiger partial charge in [-0.3, -0.25) is 19.7 Å². The Morgan fingerprint density at radius 2 is 1.74 bits per heavy atom. The first-order valence-corrected chi connectivity index (χ1v) is 10.3. The lowest BCUT2D eigenvalue weighted by Gasteiger charge is -2.43. The van der Waals surface area contributed by atoms with E-state index in [1.807, 2.05) is 54.4 Å². The molecule has 2 aromatic heterocycles. The lowest BCUT2D eigenvalue weighted by Crippen LogP contribution is -2.54. The molecular formula is C25H24N4O2. The van der Waals surface area contributed by atoms with E-state index in [-0.39, 0.29) is 5.92 Å². The Morgan fingerprint density at radius 1 is 1.10 bits per heavy atom. The van der Waals surface area contributed by atoms with Crippen molar-refractivity contribution in [1.29, 1.82) is 5.26 Å². The molecule has 1 aliphatic heterocycles. The molecule has 1 N–H and O–H groups in total. The Labute approximate surface area is 181 Å². The zero-order valence-corrected chi connectivity index (χ0v) is 17.3. The molecule has 31 heavy (non-hydrogen) atoms. The molecule has 0 spiro atoms. The van der Waals surface area contributed by atoms with Gasteiger partial charge in [0.25, 0.3) is 0 Å². The van der Waals surface area contributed by atoms with Crippen LogP contribution in [0.15, 0.2) is 73.3 Å². The summed E-state index contributed by atoms with van der Waals surface area (Å²) in [4.78, 5) is 23.5. The van der Waals surface area contributed by atoms with Gasteiger partial charge in [-0.05, 0) is 67.4 Å². The maximum Gasteiger partial charge on any atom is 0.324 e. The molecule has 6 nitrogen and oxygen atoms in total. The summed E-state index contributed by atoms with van der Waals surface area (Å²) in [5, 5.41) is 20.1. The van der Waals surface area contributed by atoms with Gasteiger partial charge >= 0.3 is 5.97 Å². The van der Waals surface area contributed by atoms with Gasteiger partial charge < -0.3 is 5.11 Å². The second-order valence-corrected chi connectivity index (χ2v) is 8.02. The van der Waals surface area contributed by atoms with E-state index in [2.05, 4.69) is 16.0 Å². The molecule has 0 radical (unpaired) electrons. The highest BCUT2D eigenvalue weighted by molar-refractivity contribution is 5.81. The van der Waals surface area contributed by atoms with Crippen LogP contribution in [0.2, 0.25) is 0 Å². The number of nitriles is 1. The van der Waals surface area contributed by atoms with Crippen molar-refractivity contribution in [1.82, 2.24) is 14.9 Å². The summed E-state index contributed by atoms with van der Waals surface area (Å²) in [5.74, 6) is -1.59. The lowest BCUT2D eigenvalue weighted by atomic mass is 9.66. The third-order valence-corrected chi connectivity index (χ3v) is 6.41. The van der Waals surface area contributed by atoms with E-state index in [0.717, 1.165) is 23.1 Å². The maximum absolute atomic E-state index is 12.9. The third-order valence-electron chi connectivity index (χ3n) is 6.41. The second-order valence-electron chi connectivity index (χ2n) is 8.02.